The first-order valence-corrected chi connectivity index (χ1v) is 16.5. The second kappa shape index (κ2) is 15.4. The van der Waals surface area contributed by atoms with Crippen molar-refractivity contribution in [1.29, 1.82) is 0 Å². The van der Waals surface area contributed by atoms with Gasteiger partial charge < -0.3 is 4.48 Å². The fraction of sp³-hybridized carbons (Fsp3) is 0.950. The molecule has 0 radical (unpaired) electrons. The van der Waals surface area contributed by atoms with E-state index in [1.807, 2.05) is 0 Å². The van der Waals surface area contributed by atoms with Crippen LogP contribution in [0.4, 0.5) is 39.5 Å². The molecule has 0 spiro atoms. The van der Waals surface area contributed by atoms with Gasteiger partial charge in [0.05, 0.1) is 30.1 Å². The highest BCUT2D eigenvalue weighted by Gasteiger charge is 2.63. The van der Waals surface area contributed by atoms with Crippen LogP contribution in [0.15, 0.2) is 0 Å². The van der Waals surface area contributed by atoms with Crippen molar-refractivity contribution < 1.29 is 69.3 Å². The van der Waals surface area contributed by atoms with Gasteiger partial charge in [-0.15, -0.1) is 0 Å². The van der Waals surface area contributed by atoms with E-state index in [1.54, 1.807) is 0 Å². The Morgan fingerprint density at radius 3 is 0.769 bits per heavy atom. The van der Waals surface area contributed by atoms with Gasteiger partial charge in [-0.25, -0.2) is 0 Å². The van der Waals surface area contributed by atoms with Gasteiger partial charge in [-0.05, 0) is 25.7 Å². The van der Waals surface area contributed by atoms with Gasteiger partial charge in [0, 0.05) is 0 Å². The molecule has 0 saturated carbocycles. The molecular weight excluding hydrogens is 617 g/mol. The molecule has 0 aliphatic carbocycles. The minimum absolute atomic E-state index is 1.35. The molecule has 0 bridgehead atoms. The highest BCUT2D eigenvalue weighted by molar-refractivity contribution is 8.29. The van der Waals surface area contributed by atoms with Crippen molar-refractivity contribution >= 4 is 29.5 Å². The molecule has 7 nitrogen and oxygen atoms in total. The van der Waals surface area contributed by atoms with Gasteiger partial charge in [0.1, 0.15) is 0 Å². The third-order valence-electron chi connectivity index (χ3n) is 5.52. The van der Waals surface area contributed by atoms with E-state index in [4.69, 9.17) is 0 Å². The summed E-state index contributed by atoms with van der Waals surface area (Å²) in [5, 5.41) is 0. The average molecular weight is 654 g/mol. The van der Waals surface area contributed by atoms with Crippen molar-refractivity contribution in [2.75, 3.05) is 26.2 Å². The lowest BCUT2D eigenvalue weighted by molar-refractivity contribution is -0.929. The zero-order valence-corrected chi connectivity index (χ0v) is 24.5. The number of halogens is 9. The zero-order chi connectivity index (χ0) is 31.6. The summed E-state index contributed by atoms with van der Waals surface area (Å²) in [6, 6.07) is 0. The molecule has 0 aromatic carbocycles. The lowest BCUT2D eigenvalue weighted by Gasteiger charge is -2.39. The Balaban J connectivity index is 0. The van der Waals surface area contributed by atoms with Gasteiger partial charge in [-0.3, -0.25) is 25.3 Å². The summed E-state index contributed by atoms with van der Waals surface area (Å²) < 4.78 is 169. The smallest absolute Gasteiger partial charge is 0.324 e. The monoisotopic (exact) mass is 653 g/mol. The molecule has 0 atom stereocenters. The molecule has 0 heterocycles. The first-order chi connectivity index (χ1) is 17.4. The molecule has 0 aromatic heterocycles. The number of unbranched alkanes of at least 4 members (excludes halogenated alkanes) is 4. The summed E-state index contributed by atoms with van der Waals surface area (Å²) in [7, 11) is -24.1. The van der Waals surface area contributed by atoms with Crippen molar-refractivity contribution in [2.45, 2.75) is 95.6 Å². The Hall–Kier alpha value is -0.820. The first kappa shape index (κ1) is 40.3. The summed E-state index contributed by atoms with van der Waals surface area (Å²) in [4.78, 5) is 0. The van der Waals surface area contributed by atoms with E-state index in [0.29, 0.717) is 0 Å². The number of hydrogen-bond acceptors (Lipinski definition) is 6. The molecule has 0 fully saturated rings. The van der Waals surface area contributed by atoms with Crippen molar-refractivity contribution in [3.8, 4) is 0 Å². The standard InChI is InChI=1S/C16H36N.C4F9O6S3/c1-5-9-13-17(14-10-6-2,15-11-7-3)16-12-8-4;5-2(6,7)20(14,15)1(21(16,17)3(8,9)10)22(18,19)4(11,12)13/h5-16H2,1-4H3;/q+1;-1. The molecule has 0 aromatic rings. The van der Waals surface area contributed by atoms with Gasteiger partial charge in [-0.1, -0.05) is 53.4 Å². The fourth-order valence-electron chi connectivity index (χ4n) is 3.36. The topological polar surface area (TPSA) is 102 Å². The highest BCUT2D eigenvalue weighted by Crippen LogP contribution is 2.47. The molecule has 0 amide bonds. The van der Waals surface area contributed by atoms with E-state index in [0.717, 1.165) is 0 Å². The maximum absolute atomic E-state index is 12.0. The van der Waals surface area contributed by atoms with Gasteiger partial charge >= 0.3 is 16.5 Å². The third-order valence-corrected chi connectivity index (χ3v) is 12.6. The molecule has 39 heavy (non-hydrogen) atoms. The second-order valence-corrected chi connectivity index (χ2v) is 15.2. The Morgan fingerprint density at radius 2 is 0.641 bits per heavy atom. The average Bonchev–Trinajstić information content (AvgIpc) is 2.75. The number of hydrogen-bond donors (Lipinski definition) is 0. The Kier molecular flexibility index (Phi) is 15.9. The van der Waals surface area contributed by atoms with E-state index in [9.17, 15) is 64.8 Å². The number of quaternary nitrogens is 1. The summed E-state index contributed by atoms with van der Waals surface area (Å²) in [5.41, 5.74) is -21.2. The molecule has 0 saturated heterocycles. The van der Waals surface area contributed by atoms with Crippen molar-refractivity contribution in [2.24, 2.45) is 0 Å². The molecule has 238 valence electrons. The van der Waals surface area contributed by atoms with Crippen LogP contribution in [0.3, 0.4) is 0 Å². The van der Waals surface area contributed by atoms with Crippen LogP contribution < -0.4 is 0 Å². The lowest BCUT2D eigenvalue weighted by atomic mass is 10.1. The quantitative estimate of drug-likeness (QED) is 0.118. The molecule has 0 aliphatic rings. The molecule has 0 aliphatic heterocycles. The maximum Gasteiger partial charge on any atom is 0.470 e. The predicted molar refractivity (Wildman–Crippen MR) is 128 cm³/mol. The van der Waals surface area contributed by atoms with Crippen LogP contribution >= 0.6 is 0 Å². The Labute approximate surface area is 224 Å². The highest BCUT2D eigenvalue weighted by atomic mass is 32.3. The van der Waals surface area contributed by atoms with Gasteiger partial charge in [0.25, 0.3) is 0 Å². The van der Waals surface area contributed by atoms with Crippen LogP contribution in [-0.2, 0) is 29.5 Å². The Morgan fingerprint density at radius 1 is 0.462 bits per heavy atom. The third kappa shape index (κ3) is 11.2. The van der Waals surface area contributed by atoms with Crippen LogP contribution in [0.25, 0.3) is 0 Å². The summed E-state index contributed by atoms with van der Waals surface area (Å²) in [5.74, 6) is 0. The van der Waals surface area contributed by atoms with Crippen LogP contribution in [-0.4, -0.2) is 72.4 Å². The maximum atomic E-state index is 12.0. The predicted octanol–water partition coefficient (Wildman–Crippen LogP) is 6.24. The molecule has 19 heteroatoms. The number of alkyl halides is 9. The molecule has 0 N–H and O–H groups in total. The summed E-state index contributed by atoms with van der Waals surface area (Å²) in [6.45, 7) is 15.0. The van der Waals surface area contributed by atoms with E-state index < -0.39 is 50.0 Å². The van der Waals surface area contributed by atoms with Crippen molar-refractivity contribution in [3.05, 3.63) is 3.91 Å². The molecule has 0 unspecified atom stereocenters. The second-order valence-electron chi connectivity index (χ2n) is 8.75. The van der Waals surface area contributed by atoms with Crippen molar-refractivity contribution in [3.63, 3.8) is 0 Å². The van der Waals surface area contributed by atoms with E-state index in [-0.39, 0.29) is 0 Å². The fourth-order valence-corrected chi connectivity index (χ4v) is 9.10. The number of sulfone groups is 3. The van der Waals surface area contributed by atoms with Crippen LogP contribution in [0.2, 0.25) is 0 Å². The van der Waals surface area contributed by atoms with Gasteiger partial charge in [-0.2, -0.15) is 39.5 Å². The summed E-state index contributed by atoms with van der Waals surface area (Å²) in [6.07, 6.45) is 11.1. The normalized spacial score (nSPS) is 14.3. The largest absolute Gasteiger partial charge is 0.470 e. The van der Waals surface area contributed by atoms with E-state index in [2.05, 4.69) is 27.7 Å². The van der Waals surface area contributed by atoms with Gasteiger partial charge in [0.15, 0.2) is 29.5 Å². The number of rotatable bonds is 15. The minimum atomic E-state index is -8.02. The van der Waals surface area contributed by atoms with E-state index in [1.165, 1.54) is 82.0 Å². The Bertz CT molecular complexity index is 894. The molecule has 0 rings (SSSR count). The SMILES string of the molecule is CCCC[N+](CCCC)(CCCC)CCCC.O=S(=O)([C-](S(=O)(=O)C(F)(F)F)S(=O)(=O)C(F)(F)F)C(F)(F)F. The zero-order valence-electron chi connectivity index (χ0n) is 22.0. The van der Waals surface area contributed by atoms with Crippen LogP contribution in [0.5, 0.6) is 0 Å². The molecular formula is C20H36F9NO6S3. The minimum Gasteiger partial charge on any atom is -0.324 e. The summed E-state index contributed by atoms with van der Waals surface area (Å²) >= 11 is 0. The lowest BCUT2D eigenvalue weighted by Crippen LogP contribution is -2.50. The van der Waals surface area contributed by atoms with E-state index >= 15 is 0 Å². The van der Waals surface area contributed by atoms with Crippen LogP contribution in [0.1, 0.15) is 79.1 Å². The van der Waals surface area contributed by atoms with Crippen LogP contribution in [0, 0.1) is 3.91 Å². The number of nitrogens with zero attached hydrogens (tertiary/aromatic N) is 1. The first-order valence-electron chi connectivity index (χ1n) is 12.0. The van der Waals surface area contributed by atoms with Crippen molar-refractivity contribution in [1.82, 2.24) is 0 Å². The van der Waals surface area contributed by atoms with Gasteiger partial charge in [0.2, 0.25) is 0 Å².